The Kier molecular flexibility index (Phi) is 4.18. The molecule has 0 spiro atoms. The van der Waals surface area contributed by atoms with Crippen LogP contribution in [0, 0.1) is 28.6 Å². The second-order valence-electron chi connectivity index (χ2n) is 10.6. The summed E-state index contributed by atoms with van der Waals surface area (Å²) in [7, 11) is 0. The van der Waals surface area contributed by atoms with Gasteiger partial charge < -0.3 is 5.11 Å². The van der Waals surface area contributed by atoms with E-state index in [9.17, 15) is 5.11 Å². The third-order valence-corrected chi connectivity index (χ3v) is 9.49. The maximum atomic E-state index is 11.0. The molecule has 4 unspecified atom stereocenters. The van der Waals surface area contributed by atoms with E-state index in [1.165, 1.54) is 43.2 Å². The zero-order valence-electron chi connectivity index (χ0n) is 17.7. The van der Waals surface area contributed by atoms with E-state index in [2.05, 4.69) is 50.0 Å². The Morgan fingerprint density at radius 2 is 1.96 bits per heavy atom. The van der Waals surface area contributed by atoms with Gasteiger partial charge in [-0.05, 0) is 91.7 Å². The number of nitrogens with zero attached hydrogens (tertiary/aromatic N) is 1. The van der Waals surface area contributed by atoms with Crippen molar-refractivity contribution >= 4 is 5.57 Å². The predicted octanol–water partition coefficient (Wildman–Crippen LogP) is 6.18. The second-order valence-corrected chi connectivity index (χ2v) is 10.6. The van der Waals surface area contributed by atoms with Crippen molar-refractivity contribution in [1.82, 2.24) is 4.98 Å². The molecule has 5 rings (SSSR count). The summed E-state index contributed by atoms with van der Waals surface area (Å²) in [6, 6.07) is 4.28. The fraction of sp³-hybridized carbons (Fsp3) is 0.654. The average molecular weight is 378 g/mol. The summed E-state index contributed by atoms with van der Waals surface area (Å²) in [5.74, 6) is 2.21. The van der Waals surface area contributed by atoms with Crippen LogP contribution in [0.1, 0.15) is 77.7 Å². The van der Waals surface area contributed by atoms with Crippen LogP contribution >= 0.6 is 0 Å². The van der Waals surface area contributed by atoms with Gasteiger partial charge in [-0.2, -0.15) is 0 Å². The molecule has 4 aliphatic rings. The lowest BCUT2D eigenvalue weighted by Gasteiger charge is -2.60. The fourth-order valence-electron chi connectivity index (χ4n) is 7.58. The van der Waals surface area contributed by atoms with Gasteiger partial charge in [0.2, 0.25) is 0 Å². The van der Waals surface area contributed by atoms with Crippen LogP contribution in [-0.2, 0) is 0 Å². The number of allylic oxidation sites excluding steroid dienone is 4. The lowest BCUT2D eigenvalue weighted by molar-refractivity contribution is -0.121. The predicted molar refractivity (Wildman–Crippen MR) is 115 cm³/mol. The molecule has 6 atom stereocenters. The number of rotatable bonds is 2. The molecule has 0 bridgehead atoms. The van der Waals surface area contributed by atoms with Gasteiger partial charge in [-0.3, -0.25) is 4.98 Å². The SMILES string of the molecule is CCC1(O)CC[C@@]2(C)C(CCC3C4=CC=C(c5cccnc5)[C@@]4(C)CCC32)C1. The molecule has 1 aromatic heterocycles. The van der Waals surface area contributed by atoms with Crippen molar-refractivity contribution in [2.45, 2.75) is 77.7 Å². The average Bonchev–Trinajstić information content (AvgIpc) is 3.06. The van der Waals surface area contributed by atoms with Crippen LogP contribution in [0.3, 0.4) is 0 Å². The molecule has 3 saturated carbocycles. The van der Waals surface area contributed by atoms with Crippen molar-refractivity contribution in [3.05, 3.63) is 47.8 Å². The summed E-state index contributed by atoms with van der Waals surface area (Å²) in [6.45, 7) is 7.21. The van der Waals surface area contributed by atoms with Crippen LogP contribution in [0.15, 0.2) is 42.3 Å². The zero-order chi connectivity index (χ0) is 19.6. The van der Waals surface area contributed by atoms with E-state index in [1.54, 1.807) is 5.57 Å². The van der Waals surface area contributed by atoms with E-state index in [1.807, 2.05) is 12.4 Å². The van der Waals surface area contributed by atoms with E-state index in [-0.39, 0.29) is 5.41 Å². The largest absolute Gasteiger partial charge is 0.390 e. The topological polar surface area (TPSA) is 33.1 Å². The maximum absolute atomic E-state index is 11.0. The molecule has 1 heterocycles. The number of aromatic nitrogens is 1. The minimum atomic E-state index is -0.401. The summed E-state index contributed by atoms with van der Waals surface area (Å²) in [6.07, 6.45) is 18.1. The molecule has 0 aromatic carbocycles. The van der Waals surface area contributed by atoms with Gasteiger partial charge in [-0.25, -0.2) is 0 Å². The summed E-state index contributed by atoms with van der Waals surface area (Å²) in [5, 5.41) is 11.0. The van der Waals surface area contributed by atoms with Crippen molar-refractivity contribution in [1.29, 1.82) is 0 Å². The first-order valence-electron chi connectivity index (χ1n) is 11.5. The van der Waals surface area contributed by atoms with Gasteiger partial charge in [-0.15, -0.1) is 0 Å². The van der Waals surface area contributed by atoms with Gasteiger partial charge in [0.15, 0.2) is 0 Å². The molecule has 2 nitrogen and oxygen atoms in total. The fourth-order valence-corrected chi connectivity index (χ4v) is 7.58. The molecule has 1 aromatic rings. The molecule has 1 N–H and O–H groups in total. The Morgan fingerprint density at radius 1 is 1.11 bits per heavy atom. The molecule has 0 radical (unpaired) electrons. The number of fused-ring (bicyclic) bond motifs is 5. The summed E-state index contributed by atoms with van der Waals surface area (Å²) >= 11 is 0. The maximum Gasteiger partial charge on any atom is 0.0648 e. The van der Waals surface area contributed by atoms with Crippen LogP contribution in [0.5, 0.6) is 0 Å². The first-order valence-corrected chi connectivity index (χ1v) is 11.5. The highest BCUT2D eigenvalue weighted by Crippen LogP contribution is 2.66. The van der Waals surface area contributed by atoms with E-state index in [4.69, 9.17) is 0 Å². The van der Waals surface area contributed by atoms with Crippen LogP contribution in [0.25, 0.3) is 5.57 Å². The van der Waals surface area contributed by atoms with Crippen molar-refractivity contribution in [2.24, 2.45) is 28.6 Å². The van der Waals surface area contributed by atoms with Gasteiger partial charge in [-0.1, -0.05) is 44.6 Å². The molecular weight excluding hydrogens is 342 g/mol. The lowest BCUT2D eigenvalue weighted by atomic mass is 9.45. The van der Waals surface area contributed by atoms with E-state index in [0.29, 0.717) is 11.3 Å². The summed E-state index contributed by atoms with van der Waals surface area (Å²) in [5.41, 5.74) is 4.65. The molecule has 4 aliphatic carbocycles. The number of hydrogen-bond donors (Lipinski definition) is 1. The molecule has 0 saturated heterocycles. The van der Waals surface area contributed by atoms with Gasteiger partial charge in [0.25, 0.3) is 0 Å². The standard InChI is InChI=1S/C26H35NO/c1-4-26(28)14-13-24(2)19(16-26)7-8-20-22-10-9-21(18-6-5-15-27-17-18)25(22,3)12-11-23(20)24/h5-6,9-10,15,17,19-20,23,28H,4,7-8,11-14,16H2,1-3H3/t19?,20?,23?,24-,25+,26?/m0/s1. The smallest absolute Gasteiger partial charge is 0.0648 e. The summed E-state index contributed by atoms with van der Waals surface area (Å²) < 4.78 is 0. The minimum absolute atomic E-state index is 0.187. The number of aliphatic hydroxyl groups is 1. The highest BCUT2D eigenvalue weighted by molar-refractivity contribution is 5.78. The van der Waals surface area contributed by atoms with Crippen LogP contribution in [-0.4, -0.2) is 15.7 Å². The molecule has 28 heavy (non-hydrogen) atoms. The molecule has 0 aliphatic heterocycles. The van der Waals surface area contributed by atoms with E-state index < -0.39 is 5.60 Å². The van der Waals surface area contributed by atoms with E-state index in [0.717, 1.165) is 31.1 Å². The third kappa shape index (κ3) is 2.53. The minimum Gasteiger partial charge on any atom is -0.390 e. The van der Waals surface area contributed by atoms with Crippen molar-refractivity contribution in [3.63, 3.8) is 0 Å². The first-order chi connectivity index (χ1) is 13.4. The van der Waals surface area contributed by atoms with Crippen LogP contribution in [0.2, 0.25) is 0 Å². The Morgan fingerprint density at radius 3 is 2.71 bits per heavy atom. The van der Waals surface area contributed by atoms with Crippen LogP contribution in [0.4, 0.5) is 0 Å². The highest BCUT2D eigenvalue weighted by Gasteiger charge is 2.57. The Hall–Kier alpha value is -1.41. The van der Waals surface area contributed by atoms with Crippen molar-refractivity contribution in [2.75, 3.05) is 0 Å². The second kappa shape index (κ2) is 6.29. The van der Waals surface area contributed by atoms with Crippen molar-refractivity contribution in [3.8, 4) is 0 Å². The Balaban J connectivity index is 1.43. The van der Waals surface area contributed by atoms with Gasteiger partial charge in [0.1, 0.15) is 0 Å². The monoisotopic (exact) mass is 377 g/mol. The lowest BCUT2D eigenvalue weighted by Crippen LogP contribution is -2.54. The normalized spacial score (nSPS) is 44.8. The van der Waals surface area contributed by atoms with Crippen LogP contribution < -0.4 is 0 Å². The van der Waals surface area contributed by atoms with Gasteiger partial charge in [0.05, 0.1) is 5.60 Å². The Labute approximate surface area is 170 Å². The van der Waals surface area contributed by atoms with Gasteiger partial charge >= 0.3 is 0 Å². The molecular formula is C26H35NO. The highest BCUT2D eigenvalue weighted by atomic mass is 16.3. The molecule has 0 amide bonds. The molecule has 3 fully saturated rings. The zero-order valence-corrected chi connectivity index (χ0v) is 17.7. The molecule has 2 heteroatoms. The number of pyridine rings is 1. The molecule has 150 valence electrons. The van der Waals surface area contributed by atoms with Gasteiger partial charge in [0, 0.05) is 17.8 Å². The Bertz CT molecular complexity index is 826. The summed E-state index contributed by atoms with van der Waals surface area (Å²) in [4.78, 5) is 4.38. The quantitative estimate of drug-likeness (QED) is 0.667. The number of hydrogen-bond acceptors (Lipinski definition) is 2. The first kappa shape index (κ1) is 18.6. The third-order valence-electron chi connectivity index (χ3n) is 9.49. The van der Waals surface area contributed by atoms with E-state index >= 15 is 0 Å². The van der Waals surface area contributed by atoms with Crippen molar-refractivity contribution < 1.29 is 5.11 Å².